The van der Waals surface area contributed by atoms with Gasteiger partial charge in [0.2, 0.25) is 0 Å². The Morgan fingerprint density at radius 3 is 2.28 bits per heavy atom. The summed E-state index contributed by atoms with van der Waals surface area (Å²) in [5.74, 6) is 1.62. The van der Waals surface area contributed by atoms with Gasteiger partial charge in [0.15, 0.2) is 0 Å². The first-order chi connectivity index (χ1) is 8.51. The minimum Gasteiger partial charge on any atom is -0.396 e. The lowest BCUT2D eigenvalue weighted by Crippen LogP contribution is -2.14. The quantitative estimate of drug-likeness (QED) is 0.648. The minimum atomic E-state index is 0.189. The Labute approximate surface area is 109 Å². The van der Waals surface area contributed by atoms with Crippen LogP contribution in [0.2, 0.25) is 0 Å². The van der Waals surface area contributed by atoms with Gasteiger partial charge in [-0.15, -0.1) is 0 Å². The molecule has 0 saturated carbocycles. The fourth-order valence-electron chi connectivity index (χ4n) is 1.41. The second-order valence-corrected chi connectivity index (χ2v) is 5.53. The Morgan fingerprint density at radius 1 is 1.11 bits per heavy atom. The van der Waals surface area contributed by atoms with Crippen LogP contribution in [0, 0.1) is 5.41 Å². The average Bonchev–Trinajstić information content (AvgIpc) is 2.28. The molecule has 0 atom stereocenters. The summed E-state index contributed by atoms with van der Waals surface area (Å²) in [6.07, 6.45) is 3.35. The third kappa shape index (κ3) is 6.39. The van der Waals surface area contributed by atoms with Crippen LogP contribution in [0.25, 0.3) is 0 Å². The zero-order chi connectivity index (χ0) is 13.4. The standard InChI is InChI=1S/C13H24N4O/c1-13(2,3)5-7-15-12-9-11(16-10-17-12)14-6-4-8-18/h9-10,18H,4-8H2,1-3H3,(H2,14,15,16,17). The van der Waals surface area contributed by atoms with Crippen molar-refractivity contribution in [2.45, 2.75) is 33.6 Å². The van der Waals surface area contributed by atoms with Crippen molar-refractivity contribution in [1.29, 1.82) is 0 Å². The minimum absolute atomic E-state index is 0.189. The molecule has 3 N–H and O–H groups in total. The number of hydrogen-bond acceptors (Lipinski definition) is 5. The van der Waals surface area contributed by atoms with Gasteiger partial charge in [0.1, 0.15) is 18.0 Å². The Balaban J connectivity index is 2.39. The molecule has 0 bridgehead atoms. The van der Waals surface area contributed by atoms with E-state index in [0.717, 1.165) is 37.6 Å². The van der Waals surface area contributed by atoms with E-state index in [9.17, 15) is 0 Å². The van der Waals surface area contributed by atoms with Crippen LogP contribution in [-0.2, 0) is 0 Å². The number of anilines is 2. The van der Waals surface area contributed by atoms with Crippen molar-refractivity contribution < 1.29 is 5.11 Å². The molecule has 0 saturated heterocycles. The zero-order valence-corrected chi connectivity index (χ0v) is 11.5. The highest BCUT2D eigenvalue weighted by Crippen LogP contribution is 2.18. The van der Waals surface area contributed by atoms with Crippen LogP contribution in [0.3, 0.4) is 0 Å². The molecule has 1 aromatic heterocycles. The molecule has 1 aromatic rings. The normalized spacial score (nSPS) is 11.3. The van der Waals surface area contributed by atoms with Gasteiger partial charge in [0.05, 0.1) is 0 Å². The fourth-order valence-corrected chi connectivity index (χ4v) is 1.41. The molecular formula is C13H24N4O. The highest BCUT2D eigenvalue weighted by Gasteiger charge is 2.09. The molecule has 0 radical (unpaired) electrons. The highest BCUT2D eigenvalue weighted by molar-refractivity contribution is 5.46. The van der Waals surface area contributed by atoms with Gasteiger partial charge in [-0.2, -0.15) is 0 Å². The van der Waals surface area contributed by atoms with Crippen molar-refractivity contribution in [3.05, 3.63) is 12.4 Å². The van der Waals surface area contributed by atoms with Gasteiger partial charge in [0.25, 0.3) is 0 Å². The molecule has 0 aliphatic heterocycles. The summed E-state index contributed by atoms with van der Waals surface area (Å²) in [7, 11) is 0. The molecule has 0 amide bonds. The molecule has 0 spiro atoms. The van der Waals surface area contributed by atoms with Crippen LogP contribution < -0.4 is 10.6 Å². The summed E-state index contributed by atoms with van der Waals surface area (Å²) in [5, 5.41) is 15.1. The maximum absolute atomic E-state index is 8.71. The van der Waals surface area contributed by atoms with E-state index in [4.69, 9.17) is 5.11 Å². The lowest BCUT2D eigenvalue weighted by Gasteiger charge is -2.18. The van der Waals surface area contributed by atoms with E-state index in [2.05, 4.69) is 41.4 Å². The SMILES string of the molecule is CC(C)(C)CCNc1cc(NCCCO)ncn1. The molecule has 0 fully saturated rings. The Morgan fingerprint density at radius 2 is 1.72 bits per heavy atom. The van der Waals surface area contributed by atoms with Crippen molar-refractivity contribution >= 4 is 11.6 Å². The van der Waals surface area contributed by atoms with Crippen LogP contribution in [0.5, 0.6) is 0 Å². The van der Waals surface area contributed by atoms with Crippen molar-refractivity contribution in [3.8, 4) is 0 Å². The second kappa shape index (κ2) is 7.16. The van der Waals surface area contributed by atoms with Crippen LogP contribution in [0.4, 0.5) is 11.6 Å². The molecule has 1 rings (SSSR count). The molecule has 18 heavy (non-hydrogen) atoms. The number of hydrogen-bond donors (Lipinski definition) is 3. The van der Waals surface area contributed by atoms with E-state index in [1.807, 2.05) is 6.07 Å². The maximum Gasteiger partial charge on any atom is 0.131 e. The third-order valence-electron chi connectivity index (χ3n) is 2.49. The van der Waals surface area contributed by atoms with Crippen LogP contribution in [-0.4, -0.2) is 34.8 Å². The van der Waals surface area contributed by atoms with Crippen LogP contribution in [0.15, 0.2) is 12.4 Å². The van der Waals surface area contributed by atoms with Crippen molar-refractivity contribution in [2.24, 2.45) is 5.41 Å². The van der Waals surface area contributed by atoms with Gasteiger partial charge >= 0.3 is 0 Å². The summed E-state index contributed by atoms with van der Waals surface area (Å²) < 4.78 is 0. The molecule has 5 heteroatoms. The van der Waals surface area contributed by atoms with E-state index in [1.54, 1.807) is 6.33 Å². The van der Waals surface area contributed by atoms with Crippen molar-refractivity contribution in [1.82, 2.24) is 9.97 Å². The third-order valence-corrected chi connectivity index (χ3v) is 2.49. The lowest BCUT2D eigenvalue weighted by atomic mass is 9.92. The van der Waals surface area contributed by atoms with Gasteiger partial charge in [-0.3, -0.25) is 0 Å². The number of nitrogens with zero attached hydrogens (tertiary/aromatic N) is 2. The summed E-state index contributed by atoms with van der Waals surface area (Å²) in [5.41, 5.74) is 0.322. The predicted octanol–water partition coefficient (Wildman–Crippen LogP) is 2.12. The van der Waals surface area contributed by atoms with Gasteiger partial charge in [-0.05, 0) is 18.3 Å². The van der Waals surface area contributed by atoms with Crippen molar-refractivity contribution in [2.75, 3.05) is 30.3 Å². The molecule has 0 aliphatic carbocycles. The number of aromatic nitrogens is 2. The Bertz CT molecular complexity index is 349. The number of aliphatic hydroxyl groups excluding tert-OH is 1. The summed E-state index contributed by atoms with van der Waals surface area (Å²) in [6.45, 7) is 8.46. The van der Waals surface area contributed by atoms with Crippen LogP contribution in [0.1, 0.15) is 33.6 Å². The molecule has 0 aromatic carbocycles. The maximum atomic E-state index is 8.71. The molecule has 5 nitrogen and oxygen atoms in total. The van der Waals surface area contributed by atoms with E-state index < -0.39 is 0 Å². The van der Waals surface area contributed by atoms with Crippen LogP contribution >= 0.6 is 0 Å². The van der Waals surface area contributed by atoms with E-state index in [1.165, 1.54) is 0 Å². The lowest BCUT2D eigenvalue weighted by molar-refractivity contribution is 0.292. The molecular weight excluding hydrogens is 228 g/mol. The van der Waals surface area contributed by atoms with E-state index in [0.29, 0.717) is 5.41 Å². The van der Waals surface area contributed by atoms with Crippen molar-refractivity contribution in [3.63, 3.8) is 0 Å². The summed E-state index contributed by atoms with van der Waals surface area (Å²) in [6, 6.07) is 1.89. The smallest absolute Gasteiger partial charge is 0.131 e. The van der Waals surface area contributed by atoms with Gasteiger partial charge < -0.3 is 15.7 Å². The summed E-state index contributed by atoms with van der Waals surface area (Å²) >= 11 is 0. The van der Waals surface area contributed by atoms with E-state index in [-0.39, 0.29) is 6.61 Å². The van der Waals surface area contributed by atoms with Gasteiger partial charge in [-0.1, -0.05) is 20.8 Å². The summed E-state index contributed by atoms with van der Waals surface area (Å²) in [4.78, 5) is 8.30. The number of rotatable bonds is 7. The van der Waals surface area contributed by atoms with Gasteiger partial charge in [0, 0.05) is 25.8 Å². The monoisotopic (exact) mass is 252 g/mol. The first-order valence-corrected chi connectivity index (χ1v) is 6.42. The highest BCUT2D eigenvalue weighted by atomic mass is 16.3. The Hall–Kier alpha value is -1.36. The van der Waals surface area contributed by atoms with E-state index >= 15 is 0 Å². The number of aliphatic hydroxyl groups is 1. The average molecular weight is 252 g/mol. The second-order valence-electron chi connectivity index (χ2n) is 5.53. The van der Waals surface area contributed by atoms with Gasteiger partial charge in [-0.25, -0.2) is 9.97 Å². The fraction of sp³-hybridized carbons (Fsp3) is 0.692. The molecule has 102 valence electrons. The zero-order valence-electron chi connectivity index (χ0n) is 11.5. The predicted molar refractivity (Wildman–Crippen MR) is 74.8 cm³/mol. The first kappa shape index (κ1) is 14.7. The first-order valence-electron chi connectivity index (χ1n) is 6.42. The largest absolute Gasteiger partial charge is 0.396 e. The molecule has 0 aliphatic rings. The molecule has 1 heterocycles. The topological polar surface area (TPSA) is 70.1 Å². The number of nitrogens with one attached hydrogen (secondary N) is 2. The molecule has 0 unspecified atom stereocenters. The Kier molecular flexibility index (Phi) is 5.85.